The molecule has 0 spiro atoms. The third kappa shape index (κ3) is 4.15. The molecule has 1 amide bonds. The molecule has 0 atom stereocenters. The zero-order valence-electron chi connectivity index (χ0n) is 17.9. The van der Waals surface area contributed by atoms with Crippen molar-refractivity contribution in [2.75, 3.05) is 42.9 Å². The molecule has 166 valence electrons. The van der Waals surface area contributed by atoms with Crippen LogP contribution in [0.4, 0.5) is 11.4 Å². The average molecular weight is 460 g/mol. The van der Waals surface area contributed by atoms with E-state index in [4.69, 9.17) is 11.6 Å². The van der Waals surface area contributed by atoms with Crippen molar-refractivity contribution in [2.24, 2.45) is 0 Å². The summed E-state index contributed by atoms with van der Waals surface area (Å²) in [7, 11) is 0. The number of fused-ring (bicyclic) bond motifs is 2. The summed E-state index contributed by atoms with van der Waals surface area (Å²) in [5, 5.41) is 3.05. The number of ketones is 2. The van der Waals surface area contributed by atoms with E-state index in [9.17, 15) is 14.4 Å². The summed E-state index contributed by atoms with van der Waals surface area (Å²) in [5.41, 5.74) is 2.78. The predicted molar refractivity (Wildman–Crippen MR) is 128 cm³/mol. The molecule has 0 aromatic heterocycles. The van der Waals surface area contributed by atoms with Crippen molar-refractivity contribution in [1.82, 2.24) is 4.90 Å². The highest BCUT2D eigenvalue weighted by Gasteiger charge is 2.30. The Morgan fingerprint density at radius 1 is 0.788 bits per heavy atom. The average Bonchev–Trinajstić information content (AvgIpc) is 2.84. The molecule has 33 heavy (non-hydrogen) atoms. The lowest BCUT2D eigenvalue weighted by Gasteiger charge is -2.35. The first-order valence-corrected chi connectivity index (χ1v) is 11.2. The third-order valence-corrected chi connectivity index (χ3v) is 6.46. The van der Waals surface area contributed by atoms with Crippen molar-refractivity contribution in [3.05, 3.63) is 94.0 Å². The Bertz CT molecular complexity index is 1250. The molecule has 1 aliphatic carbocycles. The lowest BCUT2D eigenvalue weighted by atomic mass is 9.84. The summed E-state index contributed by atoms with van der Waals surface area (Å²) < 4.78 is 0. The van der Waals surface area contributed by atoms with Crippen LogP contribution < -0.4 is 10.2 Å². The highest BCUT2D eigenvalue weighted by molar-refractivity contribution is 6.36. The normalized spacial score (nSPS) is 15.7. The fraction of sp³-hybridized carbons (Fsp3) is 0.192. The van der Waals surface area contributed by atoms with E-state index in [0.29, 0.717) is 16.8 Å². The van der Waals surface area contributed by atoms with E-state index in [-0.39, 0.29) is 40.2 Å². The monoisotopic (exact) mass is 459 g/mol. The number of carbonyl (C=O) groups excluding carboxylic acids is 3. The summed E-state index contributed by atoms with van der Waals surface area (Å²) >= 11 is 6.38. The minimum atomic E-state index is -0.246. The number of hydrogen-bond donors (Lipinski definition) is 1. The van der Waals surface area contributed by atoms with Gasteiger partial charge < -0.3 is 10.2 Å². The third-order valence-electron chi connectivity index (χ3n) is 6.15. The highest BCUT2D eigenvalue weighted by atomic mass is 35.5. The van der Waals surface area contributed by atoms with Gasteiger partial charge in [0.2, 0.25) is 5.91 Å². The number of carbonyl (C=O) groups is 3. The standard InChI is InChI=1S/C26H22ClN3O3/c27-22-14-20-21(26(33)19-9-5-4-8-18(19)25(20)32)15-23(22)28-24(31)16-29-10-12-30(13-11-29)17-6-2-1-3-7-17/h1-9,14-15H,10-13,16H2,(H,28,31). The van der Waals surface area contributed by atoms with Crippen LogP contribution in [-0.2, 0) is 4.79 Å². The Kier molecular flexibility index (Phi) is 5.70. The molecule has 5 rings (SSSR count). The van der Waals surface area contributed by atoms with E-state index in [1.54, 1.807) is 24.3 Å². The smallest absolute Gasteiger partial charge is 0.238 e. The van der Waals surface area contributed by atoms with Gasteiger partial charge >= 0.3 is 0 Å². The van der Waals surface area contributed by atoms with Crippen LogP contribution in [-0.4, -0.2) is 55.1 Å². The molecule has 6 nitrogen and oxygen atoms in total. The Hall–Kier alpha value is -3.48. The molecule has 3 aromatic rings. The van der Waals surface area contributed by atoms with E-state index in [1.165, 1.54) is 17.8 Å². The molecule has 1 fully saturated rings. The molecular formula is C26H22ClN3O3. The van der Waals surface area contributed by atoms with Crippen LogP contribution in [0.15, 0.2) is 66.7 Å². The molecule has 7 heteroatoms. The molecule has 3 aromatic carbocycles. The summed E-state index contributed by atoms with van der Waals surface area (Å²) in [6.07, 6.45) is 0. The SMILES string of the molecule is O=C(CN1CCN(c2ccccc2)CC1)Nc1cc2c(cc1Cl)C(=O)c1ccccc1C2=O. The summed E-state index contributed by atoms with van der Waals surface area (Å²) in [5.74, 6) is -0.694. The fourth-order valence-corrected chi connectivity index (χ4v) is 4.62. The first-order valence-electron chi connectivity index (χ1n) is 10.9. The Morgan fingerprint density at radius 2 is 1.36 bits per heavy atom. The van der Waals surface area contributed by atoms with Gasteiger partial charge in [0.1, 0.15) is 0 Å². The lowest BCUT2D eigenvalue weighted by Crippen LogP contribution is -2.48. The Balaban J connectivity index is 1.26. The molecule has 2 aliphatic rings. The number of piperazine rings is 1. The van der Waals surface area contributed by atoms with Gasteiger partial charge in [-0.2, -0.15) is 0 Å². The quantitative estimate of drug-likeness (QED) is 0.501. The van der Waals surface area contributed by atoms with Crippen molar-refractivity contribution in [3.8, 4) is 0 Å². The van der Waals surface area contributed by atoms with Gasteiger partial charge in [-0.15, -0.1) is 0 Å². The molecular weight excluding hydrogens is 438 g/mol. The zero-order valence-corrected chi connectivity index (χ0v) is 18.6. The van der Waals surface area contributed by atoms with Crippen LogP contribution in [0.2, 0.25) is 5.02 Å². The first-order chi connectivity index (χ1) is 16.0. The van der Waals surface area contributed by atoms with Crippen molar-refractivity contribution < 1.29 is 14.4 Å². The first kappa shape index (κ1) is 21.4. The van der Waals surface area contributed by atoms with Gasteiger partial charge in [-0.05, 0) is 24.3 Å². The minimum absolute atomic E-state index is 0.208. The molecule has 0 unspecified atom stereocenters. The lowest BCUT2D eigenvalue weighted by molar-refractivity contribution is -0.117. The van der Waals surface area contributed by atoms with E-state index >= 15 is 0 Å². The number of benzene rings is 3. The number of nitrogens with one attached hydrogen (secondary N) is 1. The number of anilines is 2. The maximum Gasteiger partial charge on any atom is 0.238 e. The number of halogens is 1. The van der Waals surface area contributed by atoms with Gasteiger partial charge in [-0.1, -0.05) is 54.1 Å². The number of hydrogen-bond acceptors (Lipinski definition) is 5. The molecule has 0 saturated carbocycles. The molecule has 0 bridgehead atoms. The van der Waals surface area contributed by atoms with Crippen molar-refractivity contribution in [3.63, 3.8) is 0 Å². The van der Waals surface area contributed by atoms with Crippen molar-refractivity contribution >= 4 is 40.4 Å². The van der Waals surface area contributed by atoms with Crippen LogP contribution in [0.25, 0.3) is 0 Å². The molecule has 1 heterocycles. The van der Waals surface area contributed by atoms with E-state index in [0.717, 1.165) is 26.2 Å². The van der Waals surface area contributed by atoms with E-state index in [2.05, 4.69) is 27.2 Å². The second-order valence-corrected chi connectivity index (χ2v) is 8.64. The van der Waals surface area contributed by atoms with E-state index in [1.807, 2.05) is 18.2 Å². The zero-order chi connectivity index (χ0) is 22.9. The molecule has 1 aliphatic heterocycles. The van der Waals surface area contributed by atoms with Crippen LogP contribution in [0.3, 0.4) is 0 Å². The minimum Gasteiger partial charge on any atom is -0.369 e. The molecule has 1 saturated heterocycles. The summed E-state index contributed by atoms with van der Waals surface area (Å²) in [4.78, 5) is 42.9. The van der Waals surface area contributed by atoms with Gasteiger partial charge in [0.25, 0.3) is 0 Å². The maximum absolute atomic E-state index is 12.9. The van der Waals surface area contributed by atoms with Gasteiger partial charge in [0, 0.05) is 54.1 Å². The number of rotatable bonds is 4. The predicted octanol–water partition coefficient (Wildman–Crippen LogP) is 3.88. The summed E-state index contributed by atoms with van der Waals surface area (Å²) in [6.45, 7) is 3.44. The molecule has 1 N–H and O–H groups in total. The Labute approximate surface area is 196 Å². The summed E-state index contributed by atoms with van der Waals surface area (Å²) in [6, 6.07) is 19.9. The highest BCUT2D eigenvalue weighted by Crippen LogP contribution is 2.33. The topological polar surface area (TPSA) is 69.7 Å². The second kappa shape index (κ2) is 8.81. The number of para-hydroxylation sites is 1. The van der Waals surface area contributed by atoms with Crippen LogP contribution in [0.5, 0.6) is 0 Å². The van der Waals surface area contributed by atoms with E-state index < -0.39 is 0 Å². The number of nitrogens with zero attached hydrogens (tertiary/aromatic N) is 2. The van der Waals surface area contributed by atoms with Gasteiger partial charge in [0.15, 0.2) is 11.6 Å². The fourth-order valence-electron chi connectivity index (χ4n) is 4.41. The van der Waals surface area contributed by atoms with Crippen molar-refractivity contribution in [1.29, 1.82) is 0 Å². The second-order valence-electron chi connectivity index (χ2n) is 8.23. The largest absolute Gasteiger partial charge is 0.369 e. The van der Waals surface area contributed by atoms with Crippen molar-refractivity contribution in [2.45, 2.75) is 0 Å². The van der Waals surface area contributed by atoms with Gasteiger partial charge in [-0.25, -0.2) is 0 Å². The van der Waals surface area contributed by atoms with Gasteiger partial charge in [0.05, 0.1) is 17.3 Å². The van der Waals surface area contributed by atoms with Crippen LogP contribution >= 0.6 is 11.6 Å². The van der Waals surface area contributed by atoms with Gasteiger partial charge in [-0.3, -0.25) is 19.3 Å². The maximum atomic E-state index is 12.9. The van der Waals surface area contributed by atoms with Crippen LogP contribution in [0.1, 0.15) is 31.8 Å². The van der Waals surface area contributed by atoms with Crippen LogP contribution in [0, 0.1) is 0 Å². The Morgan fingerprint density at radius 3 is 2.00 bits per heavy atom. The molecule has 0 radical (unpaired) electrons. The number of amides is 1.